The highest BCUT2D eigenvalue weighted by Gasteiger charge is 2.08. The van der Waals surface area contributed by atoms with Crippen molar-refractivity contribution in [2.75, 3.05) is 12.8 Å². The van der Waals surface area contributed by atoms with E-state index in [9.17, 15) is 9.59 Å². The zero-order chi connectivity index (χ0) is 14.5. The molecule has 6 heteroatoms. The minimum Gasteiger partial charge on any atom is -0.341 e. The molecule has 0 saturated heterocycles. The number of hydrogen-bond acceptors (Lipinski definition) is 4. The van der Waals surface area contributed by atoms with E-state index in [0.717, 1.165) is 21.5 Å². The number of aromatic nitrogens is 1. The summed E-state index contributed by atoms with van der Waals surface area (Å²) in [7, 11) is 1.46. The van der Waals surface area contributed by atoms with Gasteiger partial charge in [-0.15, -0.1) is 0 Å². The molecule has 1 aromatic carbocycles. The Hall–Kier alpha value is -2.08. The van der Waals surface area contributed by atoms with Crippen LogP contribution < -0.4 is 10.6 Å². The van der Waals surface area contributed by atoms with Crippen LogP contribution in [-0.2, 0) is 4.79 Å². The van der Waals surface area contributed by atoms with Crippen molar-refractivity contribution in [1.29, 1.82) is 0 Å². The maximum Gasteiger partial charge on any atom is 0.321 e. The van der Waals surface area contributed by atoms with Crippen LogP contribution in [0.1, 0.15) is 5.56 Å². The second-order valence-electron chi connectivity index (χ2n) is 4.21. The van der Waals surface area contributed by atoms with Crippen molar-refractivity contribution < 1.29 is 9.59 Å². The number of amides is 3. The Kier molecular flexibility index (Phi) is 4.57. The zero-order valence-corrected chi connectivity index (χ0v) is 12.1. The number of benzene rings is 1. The molecule has 0 aliphatic heterocycles. The van der Waals surface area contributed by atoms with Crippen molar-refractivity contribution in [3.63, 3.8) is 0 Å². The molecular formula is C14H15N3O2S. The number of aryl methyl sites for hydroxylation is 1. The lowest BCUT2D eigenvalue weighted by Crippen LogP contribution is -2.38. The van der Waals surface area contributed by atoms with Gasteiger partial charge in [0, 0.05) is 12.4 Å². The van der Waals surface area contributed by atoms with E-state index in [4.69, 9.17) is 0 Å². The van der Waals surface area contributed by atoms with Gasteiger partial charge in [0.25, 0.3) is 0 Å². The van der Waals surface area contributed by atoms with E-state index < -0.39 is 6.03 Å². The number of nitrogens with one attached hydrogen (secondary N) is 2. The van der Waals surface area contributed by atoms with Gasteiger partial charge in [-0.05, 0) is 24.6 Å². The third-order valence-corrected chi connectivity index (χ3v) is 3.64. The fourth-order valence-corrected chi connectivity index (χ4v) is 2.53. The normalized spacial score (nSPS) is 10.3. The maximum absolute atomic E-state index is 11.5. The number of carbonyl (C=O) groups excluding carboxylic acids is 2. The minimum absolute atomic E-state index is 0.151. The zero-order valence-electron chi connectivity index (χ0n) is 11.3. The first-order valence-electron chi connectivity index (χ1n) is 6.11. The predicted octanol–water partition coefficient (Wildman–Crippen LogP) is 2.09. The van der Waals surface area contributed by atoms with Crippen LogP contribution in [0.25, 0.3) is 10.9 Å². The van der Waals surface area contributed by atoms with Gasteiger partial charge in [-0.25, -0.2) is 9.78 Å². The van der Waals surface area contributed by atoms with E-state index in [1.807, 2.05) is 37.3 Å². The Morgan fingerprint density at radius 2 is 2.05 bits per heavy atom. The third kappa shape index (κ3) is 3.48. The lowest BCUT2D eigenvalue weighted by molar-refractivity contribution is -0.117. The van der Waals surface area contributed by atoms with E-state index in [-0.39, 0.29) is 11.7 Å². The summed E-state index contributed by atoms with van der Waals surface area (Å²) in [6, 6.07) is 9.31. The minimum atomic E-state index is -0.502. The Bertz CT molecular complexity index is 658. The molecule has 2 N–H and O–H groups in total. The average molecular weight is 289 g/mol. The number of pyridine rings is 1. The SMILES string of the molecule is CNC(=O)NC(=O)CSc1cc(C)c2ccccc2n1. The number of hydrogen-bond donors (Lipinski definition) is 2. The summed E-state index contributed by atoms with van der Waals surface area (Å²) in [5.41, 5.74) is 2.02. The molecule has 2 rings (SSSR count). The highest BCUT2D eigenvalue weighted by Crippen LogP contribution is 2.23. The third-order valence-electron chi connectivity index (χ3n) is 2.73. The number of para-hydroxylation sites is 1. The fraction of sp³-hybridized carbons (Fsp3) is 0.214. The summed E-state index contributed by atoms with van der Waals surface area (Å²) in [5, 5.41) is 6.42. The lowest BCUT2D eigenvalue weighted by Gasteiger charge is -2.06. The monoisotopic (exact) mass is 289 g/mol. The second kappa shape index (κ2) is 6.38. The molecule has 0 radical (unpaired) electrons. The van der Waals surface area contributed by atoms with Gasteiger partial charge in [-0.1, -0.05) is 30.0 Å². The van der Waals surface area contributed by atoms with Crippen LogP contribution in [0.4, 0.5) is 4.79 Å². The molecule has 1 aromatic heterocycles. The summed E-state index contributed by atoms with van der Waals surface area (Å²) < 4.78 is 0. The molecule has 0 atom stereocenters. The van der Waals surface area contributed by atoms with Crippen LogP contribution in [0, 0.1) is 6.92 Å². The first kappa shape index (κ1) is 14.3. The van der Waals surface area contributed by atoms with Crippen molar-refractivity contribution in [1.82, 2.24) is 15.6 Å². The number of imide groups is 1. The molecule has 20 heavy (non-hydrogen) atoms. The van der Waals surface area contributed by atoms with Crippen LogP contribution in [0.3, 0.4) is 0 Å². The quantitative estimate of drug-likeness (QED) is 0.849. The van der Waals surface area contributed by atoms with Gasteiger partial charge in [-0.3, -0.25) is 10.1 Å². The highest BCUT2D eigenvalue weighted by molar-refractivity contribution is 7.99. The number of rotatable bonds is 3. The molecule has 104 valence electrons. The average Bonchev–Trinajstić information content (AvgIpc) is 2.45. The number of thioether (sulfide) groups is 1. The van der Waals surface area contributed by atoms with Crippen LogP contribution in [-0.4, -0.2) is 29.7 Å². The molecule has 1 heterocycles. The van der Waals surface area contributed by atoms with Gasteiger partial charge in [-0.2, -0.15) is 0 Å². The molecule has 0 saturated carbocycles. The molecular weight excluding hydrogens is 274 g/mol. The smallest absolute Gasteiger partial charge is 0.321 e. The van der Waals surface area contributed by atoms with Crippen molar-refractivity contribution in [2.45, 2.75) is 11.9 Å². The van der Waals surface area contributed by atoms with Crippen molar-refractivity contribution >= 4 is 34.6 Å². The second-order valence-corrected chi connectivity index (χ2v) is 5.21. The van der Waals surface area contributed by atoms with Crippen LogP contribution in [0.2, 0.25) is 0 Å². The van der Waals surface area contributed by atoms with E-state index in [2.05, 4.69) is 15.6 Å². The van der Waals surface area contributed by atoms with Crippen molar-refractivity contribution in [3.8, 4) is 0 Å². The van der Waals surface area contributed by atoms with Gasteiger partial charge in [0.05, 0.1) is 16.3 Å². The van der Waals surface area contributed by atoms with Crippen molar-refractivity contribution in [3.05, 3.63) is 35.9 Å². The molecule has 0 fully saturated rings. The Morgan fingerprint density at radius 3 is 2.80 bits per heavy atom. The van der Waals surface area contributed by atoms with Gasteiger partial charge in [0.1, 0.15) is 0 Å². The largest absolute Gasteiger partial charge is 0.341 e. The Morgan fingerprint density at radius 1 is 1.30 bits per heavy atom. The van der Waals surface area contributed by atoms with Crippen LogP contribution in [0.15, 0.2) is 35.4 Å². The molecule has 3 amide bonds. The topological polar surface area (TPSA) is 71.1 Å². The first-order chi connectivity index (χ1) is 9.60. The van der Waals surface area contributed by atoms with Gasteiger partial charge >= 0.3 is 6.03 Å². The standard InChI is InChI=1S/C14H15N3O2S/c1-9-7-13(16-11-6-4-3-5-10(9)11)20-8-12(18)17-14(19)15-2/h3-7H,8H2,1-2H3,(H2,15,17,18,19). The van der Waals surface area contributed by atoms with Crippen molar-refractivity contribution in [2.24, 2.45) is 0 Å². The molecule has 0 aliphatic carbocycles. The van der Waals surface area contributed by atoms with Gasteiger partial charge in [0.2, 0.25) is 5.91 Å². The summed E-state index contributed by atoms with van der Waals surface area (Å²) in [6.07, 6.45) is 0. The molecule has 0 aliphatic rings. The Balaban J connectivity index is 2.07. The maximum atomic E-state index is 11.5. The summed E-state index contributed by atoms with van der Waals surface area (Å²) in [4.78, 5) is 27.0. The van der Waals surface area contributed by atoms with E-state index in [1.54, 1.807) is 0 Å². The van der Waals surface area contributed by atoms with Gasteiger partial charge < -0.3 is 5.32 Å². The Labute approximate surface area is 121 Å². The van der Waals surface area contributed by atoms with E-state index in [1.165, 1.54) is 18.8 Å². The highest BCUT2D eigenvalue weighted by atomic mass is 32.2. The molecule has 0 bridgehead atoms. The number of carbonyl (C=O) groups is 2. The molecule has 2 aromatic rings. The van der Waals surface area contributed by atoms with Crippen LogP contribution >= 0.6 is 11.8 Å². The molecule has 0 unspecified atom stereocenters. The number of fused-ring (bicyclic) bond motifs is 1. The fourth-order valence-electron chi connectivity index (χ4n) is 1.76. The summed E-state index contributed by atoms with van der Waals surface area (Å²) >= 11 is 1.31. The lowest BCUT2D eigenvalue weighted by atomic mass is 10.1. The van der Waals surface area contributed by atoms with E-state index in [0.29, 0.717) is 0 Å². The van der Waals surface area contributed by atoms with E-state index >= 15 is 0 Å². The molecule has 5 nitrogen and oxygen atoms in total. The number of nitrogens with zero attached hydrogens (tertiary/aromatic N) is 1. The summed E-state index contributed by atoms with van der Waals surface area (Å²) in [5.74, 6) is -0.194. The number of urea groups is 1. The first-order valence-corrected chi connectivity index (χ1v) is 7.09. The van der Waals surface area contributed by atoms with Crippen LogP contribution in [0.5, 0.6) is 0 Å². The predicted molar refractivity (Wildman–Crippen MR) is 79.8 cm³/mol. The molecule has 0 spiro atoms. The van der Waals surface area contributed by atoms with Gasteiger partial charge in [0.15, 0.2) is 0 Å². The summed E-state index contributed by atoms with van der Waals surface area (Å²) in [6.45, 7) is 2.01.